The number of anilines is 2. The number of nitrogens with two attached hydrogens (primary N) is 1. The van der Waals surface area contributed by atoms with Gasteiger partial charge in [0.1, 0.15) is 0 Å². The zero-order valence-electron chi connectivity index (χ0n) is 12.5. The van der Waals surface area contributed by atoms with Crippen molar-refractivity contribution in [1.82, 2.24) is 4.98 Å². The molecule has 0 amide bonds. The number of rotatable bonds is 4. The molecule has 2 aromatic rings. The zero-order valence-corrected chi connectivity index (χ0v) is 14.1. The van der Waals surface area contributed by atoms with Crippen molar-refractivity contribution in [3.8, 4) is 0 Å². The smallest absolute Gasteiger partial charge is 0.0954 e. The monoisotopic (exact) mass is 335 g/mol. The highest BCUT2D eigenvalue weighted by Crippen LogP contribution is 2.31. The third kappa shape index (κ3) is 3.06. The molecule has 0 unspecified atom stereocenters. The number of aromatic nitrogens is 1. The van der Waals surface area contributed by atoms with Crippen molar-refractivity contribution in [2.24, 2.45) is 11.3 Å². The molecule has 0 aliphatic heterocycles. The van der Waals surface area contributed by atoms with Crippen molar-refractivity contribution in [2.75, 3.05) is 17.6 Å². The summed E-state index contributed by atoms with van der Waals surface area (Å²) in [6.07, 6.45) is 1.81. The Morgan fingerprint density at radius 3 is 2.70 bits per heavy atom. The fourth-order valence-electron chi connectivity index (χ4n) is 1.89. The predicted molar refractivity (Wildman–Crippen MR) is 91.0 cm³/mol. The van der Waals surface area contributed by atoms with Gasteiger partial charge in [0.05, 0.1) is 11.2 Å². The average Bonchev–Trinajstić information content (AvgIpc) is 2.38. The van der Waals surface area contributed by atoms with Crippen molar-refractivity contribution >= 4 is 38.2 Å². The lowest BCUT2D eigenvalue weighted by molar-refractivity contribution is 0.270. The fraction of sp³-hybridized carbons (Fsp3) is 0.438. The largest absolute Gasteiger partial charge is 0.398 e. The summed E-state index contributed by atoms with van der Waals surface area (Å²) in [4.78, 5) is 4.50. The Balaban J connectivity index is 2.34. The summed E-state index contributed by atoms with van der Waals surface area (Å²) in [6.45, 7) is 9.94. The van der Waals surface area contributed by atoms with Gasteiger partial charge >= 0.3 is 0 Å². The van der Waals surface area contributed by atoms with E-state index >= 15 is 0 Å². The van der Waals surface area contributed by atoms with Crippen LogP contribution in [0.15, 0.2) is 28.9 Å². The molecule has 0 aliphatic carbocycles. The van der Waals surface area contributed by atoms with Crippen LogP contribution in [0.5, 0.6) is 0 Å². The van der Waals surface area contributed by atoms with E-state index in [0.29, 0.717) is 5.92 Å². The molecule has 3 nitrogen and oxygen atoms in total. The Labute approximate surface area is 129 Å². The number of nitrogen functional groups attached to an aromatic ring is 1. The lowest BCUT2D eigenvalue weighted by Crippen LogP contribution is -2.28. The molecule has 1 aromatic carbocycles. The normalized spacial score (nSPS) is 12.1. The molecule has 0 saturated carbocycles. The first-order valence-electron chi connectivity index (χ1n) is 6.89. The second-order valence-corrected chi connectivity index (χ2v) is 7.16. The van der Waals surface area contributed by atoms with Gasteiger partial charge in [-0.15, -0.1) is 0 Å². The molecule has 3 N–H and O–H groups in total. The van der Waals surface area contributed by atoms with Gasteiger partial charge in [0.25, 0.3) is 0 Å². The number of fused-ring (bicyclic) bond motifs is 1. The van der Waals surface area contributed by atoms with Gasteiger partial charge < -0.3 is 11.1 Å². The Bertz CT molecular complexity index is 620. The van der Waals surface area contributed by atoms with Crippen LogP contribution in [0.4, 0.5) is 11.4 Å². The summed E-state index contributed by atoms with van der Waals surface area (Å²) < 4.78 is 0.941. The molecular weight excluding hydrogens is 314 g/mol. The molecule has 0 bridgehead atoms. The van der Waals surface area contributed by atoms with Crippen LogP contribution in [0, 0.1) is 11.3 Å². The number of nitrogens with one attached hydrogen (secondary N) is 1. The summed E-state index contributed by atoms with van der Waals surface area (Å²) in [6, 6.07) is 5.95. The van der Waals surface area contributed by atoms with Crippen molar-refractivity contribution in [1.29, 1.82) is 0 Å². The van der Waals surface area contributed by atoms with Crippen LogP contribution in [0.1, 0.15) is 27.7 Å². The summed E-state index contributed by atoms with van der Waals surface area (Å²) in [5.41, 5.74) is 8.97. The van der Waals surface area contributed by atoms with Crippen molar-refractivity contribution in [2.45, 2.75) is 27.7 Å². The second kappa shape index (κ2) is 5.60. The lowest BCUT2D eigenvalue weighted by atomic mass is 9.81. The van der Waals surface area contributed by atoms with Gasteiger partial charge in [-0.05, 0) is 45.5 Å². The number of benzene rings is 1. The Morgan fingerprint density at radius 1 is 1.35 bits per heavy atom. The van der Waals surface area contributed by atoms with E-state index < -0.39 is 0 Å². The molecule has 0 aliphatic rings. The van der Waals surface area contributed by atoms with Crippen molar-refractivity contribution in [3.63, 3.8) is 0 Å². The molecular formula is C16H22BrN3. The van der Waals surface area contributed by atoms with Crippen LogP contribution in [-0.4, -0.2) is 11.5 Å². The van der Waals surface area contributed by atoms with Crippen LogP contribution in [0.3, 0.4) is 0 Å². The van der Waals surface area contributed by atoms with Gasteiger partial charge in [-0.3, -0.25) is 4.98 Å². The summed E-state index contributed by atoms with van der Waals surface area (Å²) in [7, 11) is 0. The van der Waals surface area contributed by atoms with Crippen LogP contribution >= 0.6 is 15.9 Å². The molecule has 1 aromatic heterocycles. The minimum Gasteiger partial charge on any atom is -0.398 e. The minimum absolute atomic E-state index is 0.225. The quantitative estimate of drug-likeness (QED) is 0.798. The molecule has 0 saturated heterocycles. The van der Waals surface area contributed by atoms with Gasteiger partial charge in [-0.1, -0.05) is 27.7 Å². The highest BCUT2D eigenvalue weighted by Gasteiger charge is 2.22. The first kappa shape index (κ1) is 15.1. The third-order valence-corrected chi connectivity index (χ3v) is 4.58. The number of hydrogen-bond donors (Lipinski definition) is 2. The highest BCUT2D eigenvalue weighted by molar-refractivity contribution is 9.10. The highest BCUT2D eigenvalue weighted by atomic mass is 79.9. The van der Waals surface area contributed by atoms with Gasteiger partial charge in [-0.25, -0.2) is 0 Å². The van der Waals surface area contributed by atoms with Crippen molar-refractivity contribution in [3.05, 3.63) is 28.9 Å². The Morgan fingerprint density at radius 2 is 2.05 bits per heavy atom. The molecule has 108 valence electrons. The molecule has 0 radical (unpaired) electrons. The van der Waals surface area contributed by atoms with Crippen LogP contribution in [-0.2, 0) is 0 Å². The van der Waals surface area contributed by atoms with Gasteiger partial charge in [0.2, 0.25) is 0 Å². The number of halogens is 1. The maximum absolute atomic E-state index is 6.04. The molecule has 0 spiro atoms. The average molecular weight is 336 g/mol. The molecule has 1 heterocycles. The molecule has 20 heavy (non-hydrogen) atoms. The summed E-state index contributed by atoms with van der Waals surface area (Å²) in [5, 5.41) is 4.50. The number of pyridine rings is 1. The molecule has 0 atom stereocenters. The lowest BCUT2D eigenvalue weighted by Gasteiger charge is -2.30. The van der Waals surface area contributed by atoms with E-state index in [1.807, 2.05) is 18.2 Å². The zero-order chi connectivity index (χ0) is 14.9. The predicted octanol–water partition coefficient (Wildman–Crippen LogP) is 4.67. The topological polar surface area (TPSA) is 50.9 Å². The van der Waals surface area contributed by atoms with Crippen LogP contribution in [0.25, 0.3) is 10.9 Å². The number of hydrogen-bond acceptors (Lipinski definition) is 3. The van der Waals surface area contributed by atoms with Gasteiger partial charge in [-0.2, -0.15) is 0 Å². The fourth-order valence-corrected chi connectivity index (χ4v) is 2.22. The Kier molecular flexibility index (Phi) is 4.23. The van der Waals surface area contributed by atoms with E-state index in [0.717, 1.165) is 33.3 Å². The Hall–Kier alpha value is -1.29. The first-order chi connectivity index (χ1) is 9.31. The van der Waals surface area contributed by atoms with E-state index in [2.05, 4.69) is 53.9 Å². The maximum Gasteiger partial charge on any atom is 0.0954 e. The van der Waals surface area contributed by atoms with E-state index in [1.165, 1.54) is 0 Å². The van der Waals surface area contributed by atoms with Gasteiger partial charge in [0, 0.05) is 28.3 Å². The summed E-state index contributed by atoms with van der Waals surface area (Å²) in [5.74, 6) is 0.608. The molecule has 2 rings (SSSR count). The SMILES string of the molecule is CC(C)C(C)(C)CNc1ccc(N)c2cc(Br)cnc12. The molecule has 4 heteroatoms. The first-order valence-corrected chi connectivity index (χ1v) is 7.68. The van der Waals surface area contributed by atoms with E-state index in [-0.39, 0.29) is 5.41 Å². The third-order valence-electron chi connectivity index (χ3n) is 4.15. The van der Waals surface area contributed by atoms with Crippen molar-refractivity contribution < 1.29 is 0 Å². The van der Waals surface area contributed by atoms with Crippen LogP contribution < -0.4 is 11.1 Å². The molecule has 0 fully saturated rings. The van der Waals surface area contributed by atoms with Gasteiger partial charge in [0.15, 0.2) is 0 Å². The number of nitrogens with zero attached hydrogens (tertiary/aromatic N) is 1. The van der Waals surface area contributed by atoms with E-state index in [1.54, 1.807) is 6.20 Å². The van der Waals surface area contributed by atoms with Crippen LogP contribution in [0.2, 0.25) is 0 Å². The van der Waals surface area contributed by atoms with E-state index in [4.69, 9.17) is 5.73 Å². The second-order valence-electron chi connectivity index (χ2n) is 6.25. The van der Waals surface area contributed by atoms with E-state index in [9.17, 15) is 0 Å². The summed E-state index contributed by atoms with van der Waals surface area (Å²) >= 11 is 3.44. The maximum atomic E-state index is 6.04. The standard InChI is InChI=1S/C16H22BrN3/c1-10(2)16(3,4)9-20-14-6-5-13(18)12-7-11(17)8-19-15(12)14/h5-8,10,20H,9,18H2,1-4H3. The minimum atomic E-state index is 0.225.